The average Bonchev–Trinajstić information content (AvgIpc) is 2.67. The highest BCUT2D eigenvalue weighted by Crippen LogP contribution is 2.15. The van der Waals surface area contributed by atoms with Crippen molar-refractivity contribution in [2.24, 2.45) is 0 Å². The molecule has 1 aromatic carbocycles. The van der Waals surface area contributed by atoms with Crippen molar-refractivity contribution in [3.8, 4) is 0 Å². The standard InChI is InChI=1S/C12H13FN2O5S/c13-10-5-7(1-2-9(10)11(16)17)14-12(18)15-8-3-4-21(19,20)6-8/h1-2,5,8H,3-4,6H2,(H,16,17)(H2,14,15,18). The molecule has 1 fully saturated rings. The van der Waals surface area contributed by atoms with Gasteiger partial charge in [0, 0.05) is 11.7 Å². The second-order valence-corrected chi connectivity index (χ2v) is 6.93. The lowest BCUT2D eigenvalue weighted by Gasteiger charge is -2.12. The zero-order chi connectivity index (χ0) is 15.6. The van der Waals surface area contributed by atoms with E-state index in [1.165, 1.54) is 6.07 Å². The quantitative estimate of drug-likeness (QED) is 0.764. The Hall–Kier alpha value is -2.16. The summed E-state index contributed by atoms with van der Waals surface area (Å²) < 4.78 is 35.9. The van der Waals surface area contributed by atoms with Gasteiger partial charge in [-0.25, -0.2) is 22.4 Å². The smallest absolute Gasteiger partial charge is 0.338 e. The van der Waals surface area contributed by atoms with Gasteiger partial charge in [0.25, 0.3) is 0 Å². The van der Waals surface area contributed by atoms with Gasteiger partial charge < -0.3 is 15.7 Å². The highest BCUT2D eigenvalue weighted by molar-refractivity contribution is 7.91. The lowest BCUT2D eigenvalue weighted by atomic mass is 10.2. The Morgan fingerprint density at radius 2 is 2.05 bits per heavy atom. The maximum absolute atomic E-state index is 13.4. The molecule has 1 atom stereocenters. The van der Waals surface area contributed by atoms with Gasteiger partial charge in [-0.1, -0.05) is 0 Å². The lowest BCUT2D eigenvalue weighted by molar-refractivity contribution is 0.0692. The van der Waals surface area contributed by atoms with E-state index in [4.69, 9.17) is 5.11 Å². The minimum atomic E-state index is -3.10. The summed E-state index contributed by atoms with van der Waals surface area (Å²) in [6.45, 7) is 0. The number of anilines is 1. The minimum absolute atomic E-state index is 0.0277. The number of carboxylic acid groups (broad SMARTS) is 1. The zero-order valence-electron chi connectivity index (χ0n) is 10.8. The highest BCUT2D eigenvalue weighted by Gasteiger charge is 2.28. The number of amides is 2. The number of hydrogen-bond donors (Lipinski definition) is 3. The Kier molecular flexibility index (Phi) is 4.12. The predicted molar refractivity (Wildman–Crippen MR) is 72.6 cm³/mol. The van der Waals surface area contributed by atoms with Crippen LogP contribution in [0.1, 0.15) is 16.8 Å². The fourth-order valence-electron chi connectivity index (χ4n) is 2.03. The SMILES string of the molecule is O=C(Nc1ccc(C(=O)O)c(F)c1)NC1CCS(=O)(=O)C1. The van der Waals surface area contributed by atoms with Gasteiger partial charge in [-0.3, -0.25) is 0 Å². The number of sulfone groups is 1. The van der Waals surface area contributed by atoms with Gasteiger partial charge in [0.1, 0.15) is 5.82 Å². The van der Waals surface area contributed by atoms with Crippen molar-refractivity contribution in [1.82, 2.24) is 5.32 Å². The summed E-state index contributed by atoms with van der Waals surface area (Å²) in [6.07, 6.45) is 0.335. The molecule has 1 aliphatic heterocycles. The third kappa shape index (κ3) is 3.91. The molecule has 0 saturated carbocycles. The zero-order valence-corrected chi connectivity index (χ0v) is 11.6. The maximum atomic E-state index is 13.4. The van der Waals surface area contributed by atoms with Crippen molar-refractivity contribution in [3.05, 3.63) is 29.6 Å². The van der Waals surface area contributed by atoms with Gasteiger partial charge in [0.15, 0.2) is 9.84 Å². The minimum Gasteiger partial charge on any atom is -0.478 e. The second kappa shape index (κ2) is 5.68. The van der Waals surface area contributed by atoms with Gasteiger partial charge in [-0.05, 0) is 24.6 Å². The molecule has 21 heavy (non-hydrogen) atoms. The van der Waals surface area contributed by atoms with Gasteiger partial charge in [0.2, 0.25) is 0 Å². The van der Waals surface area contributed by atoms with Crippen LogP contribution in [-0.4, -0.2) is 43.1 Å². The normalized spacial score (nSPS) is 20.0. The Labute approximate surface area is 120 Å². The van der Waals surface area contributed by atoms with Gasteiger partial charge >= 0.3 is 12.0 Å². The molecule has 9 heteroatoms. The van der Waals surface area contributed by atoms with E-state index < -0.39 is 39.3 Å². The van der Waals surface area contributed by atoms with Crippen LogP contribution >= 0.6 is 0 Å². The fraction of sp³-hybridized carbons (Fsp3) is 0.333. The van der Waals surface area contributed by atoms with E-state index in [0.717, 1.165) is 12.1 Å². The fourth-order valence-corrected chi connectivity index (χ4v) is 3.70. The number of carboxylic acids is 1. The molecule has 1 unspecified atom stereocenters. The molecular weight excluding hydrogens is 303 g/mol. The van der Waals surface area contributed by atoms with E-state index in [2.05, 4.69) is 10.6 Å². The van der Waals surface area contributed by atoms with Crippen LogP contribution in [0.2, 0.25) is 0 Å². The van der Waals surface area contributed by atoms with E-state index in [-0.39, 0.29) is 17.2 Å². The van der Waals surface area contributed by atoms with Crippen LogP contribution in [0, 0.1) is 5.82 Å². The number of benzene rings is 1. The number of hydrogen-bond acceptors (Lipinski definition) is 4. The first kappa shape index (κ1) is 15.2. The topological polar surface area (TPSA) is 113 Å². The molecule has 0 radical (unpaired) electrons. The Balaban J connectivity index is 1.97. The molecule has 7 nitrogen and oxygen atoms in total. The lowest BCUT2D eigenvalue weighted by Crippen LogP contribution is -2.38. The van der Waals surface area contributed by atoms with Crippen molar-refractivity contribution < 1.29 is 27.5 Å². The molecule has 1 saturated heterocycles. The molecule has 1 aliphatic rings. The number of nitrogens with one attached hydrogen (secondary N) is 2. The van der Waals surface area contributed by atoms with Gasteiger partial charge in [-0.15, -0.1) is 0 Å². The van der Waals surface area contributed by atoms with Crippen LogP contribution in [0.3, 0.4) is 0 Å². The van der Waals surface area contributed by atoms with E-state index in [1.54, 1.807) is 0 Å². The van der Waals surface area contributed by atoms with Crippen molar-refractivity contribution in [2.45, 2.75) is 12.5 Å². The van der Waals surface area contributed by atoms with Crippen molar-refractivity contribution in [2.75, 3.05) is 16.8 Å². The van der Waals surface area contributed by atoms with E-state index >= 15 is 0 Å². The van der Waals surface area contributed by atoms with Crippen LogP contribution in [0.25, 0.3) is 0 Å². The van der Waals surface area contributed by atoms with Gasteiger partial charge in [0.05, 0.1) is 17.1 Å². The van der Waals surface area contributed by atoms with E-state index in [0.29, 0.717) is 6.42 Å². The van der Waals surface area contributed by atoms with Crippen LogP contribution < -0.4 is 10.6 Å². The number of carbonyl (C=O) groups excluding carboxylic acids is 1. The van der Waals surface area contributed by atoms with Crippen LogP contribution in [0.5, 0.6) is 0 Å². The molecule has 0 bridgehead atoms. The molecule has 0 aromatic heterocycles. The third-order valence-electron chi connectivity index (χ3n) is 3.03. The summed E-state index contributed by atoms with van der Waals surface area (Å²) in [7, 11) is -3.10. The summed E-state index contributed by atoms with van der Waals surface area (Å²) in [5.74, 6) is -2.46. The Morgan fingerprint density at radius 1 is 1.33 bits per heavy atom. The Bertz CT molecular complexity index is 689. The number of aromatic carboxylic acids is 1. The monoisotopic (exact) mass is 316 g/mol. The summed E-state index contributed by atoms with van der Waals surface area (Å²) in [5.41, 5.74) is -0.418. The molecule has 0 spiro atoms. The number of carbonyl (C=O) groups is 2. The summed E-state index contributed by atoms with van der Waals surface area (Å²) >= 11 is 0. The number of rotatable bonds is 3. The van der Waals surface area contributed by atoms with Gasteiger partial charge in [-0.2, -0.15) is 0 Å². The molecule has 1 aromatic rings. The third-order valence-corrected chi connectivity index (χ3v) is 4.79. The first-order chi connectivity index (χ1) is 9.77. The van der Waals surface area contributed by atoms with Crippen LogP contribution in [0.4, 0.5) is 14.9 Å². The Morgan fingerprint density at radius 3 is 2.57 bits per heavy atom. The van der Waals surface area contributed by atoms with Crippen molar-refractivity contribution in [1.29, 1.82) is 0 Å². The molecular formula is C12H13FN2O5S. The number of urea groups is 1. The molecule has 2 rings (SSSR count). The molecule has 3 N–H and O–H groups in total. The molecule has 0 aliphatic carbocycles. The van der Waals surface area contributed by atoms with E-state index in [9.17, 15) is 22.4 Å². The first-order valence-corrected chi connectivity index (χ1v) is 7.90. The average molecular weight is 316 g/mol. The molecule has 1 heterocycles. The largest absolute Gasteiger partial charge is 0.478 e. The van der Waals surface area contributed by atoms with Crippen LogP contribution in [-0.2, 0) is 9.84 Å². The number of halogens is 1. The first-order valence-electron chi connectivity index (χ1n) is 6.07. The summed E-state index contributed by atoms with van der Waals surface area (Å²) in [4.78, 5) is 22.3. The molecule has 2 amide bonds. The maximum Gasteiger partial charge on any atom is 0.338 e. The predicted octanol–water partition coefficient (Wildman–Crippen LogP) is 0.833. The van der Waals surface area contributed by atoms with E-state index in [1.807, 2.05) is 0 Å². The van der Waals surface area contributed by atoms with Crippen molar-refractivity contribution >= 4 is 27.5 Å². The van der Waals surface area contributed by atoms with Crippen LogP contribution in [0.15, 0.2) is 18.2 Å². The highest BCUT2D eigenvalue weighted by atomic mass is 32.2. The molecule has 114 valence electrons. The summed E-state index contributed by atoms with van der Waals surface area (Å²) in [5, 5.41) is 13.5. The van der Waals surface area contributed by atoms with Crippen molar-refractivity contribution in [3.63, 3.8) is 0 Å². The second-order valence-electron chi connectivity index (χ2n) is 4.70. The summed E-state index contributed by atoms with van der Waals surface area (Å²) in [6, 6.07) is 2.02.